The summed E-state index contributed by atoms with van der Waals surface area (Å²) >= 11 is 0. The van der Waals surface area contributed by atoms with Gasteiger partial charge in [0.2, 0.25) is 0 Å². The van der Waals surface area contributed by atoms with Gasteiger partial charge in [-0.05, 0) is 55.5 Å². The minimum Gasteiger partial charge on any atom is -0.381 e. The molecule has 1 fully saturated rings. The van der Waals surface area contributed by atoms with E-state index >= 15 is 0 Å². The van der Waals surface area contributed by atoms with Gasteiger partial charge in [-0.3, -0.25) is 4.99 Å². The van der Waals surface area contributed by atoms with Gasteiger partial charge in [0.25, 0.3) is 0 Å². The maximum atomic E-state index is 13.8. The topological polar surface area (TPSA) is 45.7 Å². The first-order chi connectivity index (χ1) is 14.1. The summed E-state index contributed by atoms with van der Waals surface area (Å²) in [6, 6.07) is 13.5. The van der Waals surface area contributed by atoms with Crippen LogP contribution in [0.4, 0.5) is 8.78 Å². The Bertz CT molecular complexity index is 808. The molecule has 1 aliphatic rings. The Kier molecular flexibility index (Phi) is 9.97. The molecule has 0 amide bonds. The Balaban J connectivity index is 0.00000320. The number of hydrogen-bond acceptors (Lipinski definition) is 2. The van der Waals surface area contributed by atoms with Crippen molar-refractivity contribution in [1.82, 2.24) is 10.6 Å². The zero-order valence-electron chi connectivity index (χ0n) is 17.3. The highest BCUT2D eigenvalue weighted by atomic mass is 127. The van der Waals surface area contributed by atoms with E-state index in [4.69, 9.17) is 9.73 Å². The minimum atomic E-state index is -0.234. The summed E-state index contributed by atoms with van der Waals surface area (Å²) in [5.74, 6) is 0.285. The number of guanidine groups is 1. The molecule has 2 aromatic rings. The van der Waals surface area contributed by atoms with Crippen molar-refractivity contribution in [2.24, 2.45) is 4.99 Å². The molecular formula is C23H30F2IN3O. The van der Waals surface area contributed by atoms with E-state index < -0.39 is 0 Å². The van der Waals surface area contributed by atoms with Gasteiger partial charge in [-0.1, -0.05) is 30.3 Å². The highest BCUT2D eigenvalue weighted by Gasteiger charge is 2.34. The van der Waals surface area contributed by atoms with Gasteiger partial charge in [0, 0.05) is 31.7 Å². The Labute approximate surface area is 194 Å². The predicted molar refractivity (Wildman–Crippen MR) is 128 cm³/mol. The van der Waals surface area contributed by atoms with E-state index in [1.165, 1.54) is 18.2 Å². The van der Waals surface area contributed by atoms with Crippen molar-refractivity contribution in [1.29, 1.82) is 0 Å². The average Bonchev–Trinajstić information content (AvgIpc) is 2.74. The number of aliphatic imine (C=N–C) groups is 1. The third-order valence-electron chi connectivity index (χ3n) is 5.44. The van der Waals surface area contributed by atoms with Crippen molar-refractivity contribution >= 4 is 29.9 Å². The van der Waals surface area contributed by atoms with Gasteiger partial charge in [-0.2, -0.15) is 0 Å². The van der Waals surface area contributed by atoms with E-state index in [9.17, 15) is 8.78 Å². The third-order valence-corrected chi connectivity index (χ3v) is 5.44. The zero-order chi connectivity index (χ0) is 20.5. The third kappa shape index (κ3) is 6.63. The van der Waals surface area contributed by atoms with Crippen LogP contribution >= 0.6 is 24.0 Å². The van der Waals surface area contributed by atoms with E-state index in [2.05, 4.69) is 10.6 Å². The Morgan fingerprint density at radius 3 is 2.40 bits per heavy atom. The predicted octanol–water partition coefficient (Wildman–Crippen LogP) is 4.43. The first kappa shape index (κ1) is 24.5. The van der Waals surface area contributed by atoms with E-state index in [0.717, 1.165) is 24.9 Å². The van der Waals surface area contributed by atoms with Gasteiger partial charge < -0.3 is 15.4 Å². The summed E-state index contributed by atoms with van der Waals surface area (Å²) in [4.78, 5) is 4.81. The molecule has 2 N–H and O–H groups in total. The van der Waals surface area contributed by atoms with Crippen molar-refractivity contribution in [3.8, 4) is 0 Å². The van der Waals surface area contributed by atoms with Gasteiger partial charge in [0.05, 0.1) is 6.54 Å². The fourth-order valence-electron chi connectivity index (χ4n) is 3.69. The number of nitrogens with zero attached hydrogens (tertiary/aromatic N) is 1. The maximum Gasteiger partial charge on any atom is 0.191 e. The molecule has 0 aromatic heterocycles. The van der Waals surface area contributed by atoms with Crippen LogP contribution in [0.3, 0.4) is 0 Å². The largest absolute Gasteiger partial charge is 0.381 e. The van der Waals surface area contributed by atoms with Crippen LogP contribution in [-0.4, -0.2) is 38.8 Å². The van der Waals surface area contributed by atoms with E-state index in [1.54, 1.807) is 12.1 Å². The molecule has 0 saturated carbocycles. The van der Waals surface area contributed by atoms with E-state index in [1.807, 2.05) is 25.1 Å². The zero-order valence-corrected chi connectivity index (χ0v) is 19.6. The number of ether oxygens (including phenoxy) is 1. The second kappa shape index (κ2) is 12.2. The molecular weight excluding hydrogens is 499 g/mol. The van der Waals surface area contributed by atoms with Crippen LogP contribution < -0.4 is 10.6 Å². The smallest absolute Gasteiger partial charge is 0.191 e. The molecule has 0 bridgehead atoms. The molecule has 1 saturated heterocycles. The number of halogens is 3. The van der Waals surface area contributed by atoms with Crippen LogP contribution in [0.5, 0.6) is 0 Å². The van der Waals surface area contributed by atoms with E-state index in [-0.39, 0.29) is 41.0 Å². The van der Waals surface area contributed by atoms with Crippen molar-refractivity contribution in [3.05, 3.63) is 71.3 Å². The van der Waals surface area contributed by atoms with Crippen molar-refractivity contribution < 1.29 is 13.5 Å². The van der Waals surface area contributed by atoms with Crippen LogP contribution in [-0.2, 0) is 16.6 Å². The maximum absolute atomic E-state index is 13.8. The fourth-order valence-corrected chi connectivity index (χ4v) is 3.69. The number of rotatable bonds is 7. The molecule has 4 nitrogen and oxygen atoms in total. The van der Waals surface area contributed by atoms with Gasteiger partial charge in [0.1, 0.15) is 11.6 Å². The summed E-state index contributed by atoms with van der Waals surface area (Å²) in [6.45, 7) is 5.25. The Morgan fingerprint density at radius 2 is 1.73 bits per heavy atom. The number of nitrogens with one attached hydrogen (secondary N) is 2. The molecule has 3 rings (SSSR count). The van der Waals surface area contributed by atoms with Gasteiger partial charge in [-0.25, -0.2) is 8.78 Å². The molecule has 0 aliphatic carbocycles. The quantitative estimate of drug-likeness (QED) is 0.317. The summed E-state index contributed by atoms with van der Waals surface area (Å²) in [7, 11) is 0. The van der Waals surface area contributed by atoms with Crippen LogP contribution in [0, 0.1) is 11.6 Å². The molecule has 0 radical (unpaired) electrons. The van der Waals surface area contributed by atoms with Crippen LogP contribution in [0.25, 0.3) is 0 Å². The van der Waals surface area contributed by atoms with Crippen LogP contribution in [0.2, 0.25) is 0 Å². The number of hydrogen-bond donors (Lipinski definition) is 2. The molecule has 2 aromatic carbocycles. The lowest BCUT2D eigenvalue weighted by molar-refractivity contribution is 0.0531. The van der Waals surface area contributed by atoms with Crippen LogP contribution in [0.15, 0.2) is 53.5 Å². The number of benzene rings is 2. The summed E-state index contributed by atoms with van der Waals surface area (Å²) in [5, 5.41) is 6.55. The molecule has 0 spiro atoms. The SMILES string of the molecule is CCNC(=NCC1(c2ccc(F)cc2)CCOCC1)NCCc1ccccc1F.I. The van der Waals surface area contributed by atoms with Crippen molar-refractivity contribution in [3.63, 3.8) is 0 Å². The minimum absolute atomic E-state index is 0. The monoisotopic (exact) mass is 529 g/mol. The molecule has 30 heavy (non-hydrogen) atoms. The van der Waals surface area contributed by atoms with Crippen molar-refractivity contribution in [2.45, 2.75) is 31.6 Å². The normalized spacial score (nSPS) is 15.9. The average molecular weight is 529 g/mol. The highest BCUT2D eigenvalue weighted by molar-refractivity contribution is 14.0. The summed E-state index contributed by atoms with van der Waals surface area (Å²) in [6.07, 6.45) is 2.27. The first-order valence-electron chi connectivity index (χ1n) is 10.2. The second-order valence-corrected chi connectivity index (χ2v) is 7.36. The Hall–Kier alpha value is -1.74. The standard InChI is InChI=1S/C23H29F2N3O.HI/c1-2-26-22(27-14-11-18-5-3-4-6-21(18)25)28-17-23(12-15-29-16-13-23)19-7-9-20(24)10-8-19;/h3-10H,2,11-17H2,1H3,(H2,26,27,28);1H. The van der Waals surface area contributed by atoms with Crippen LogP contribution in [0.1, 0.15) is 30.9 Å². The summed E-state index contributed by atoms with van der Waals surface area (Å²) in [5.41, 5.74) is 1.61. The fraction of sp³-hybridized carbons (Fsp3) is 0.435. The molecule has 0 atom stereocenters. The van der Waals surface area contributed by atoms with Gasteiger partial charge in [-0.15, -0.1) is 24.0 Å². The molecule has 7 heteroatoms. The van der Waals surface area contributed by atoms with Crippen molar-refractivity contribution in [2.75, 3.05) is 32.8 Å². The summed E-state index contributed by atoms with van der Waals surface area (Å²) < 4.78 is 32.8. The van der Waals surface area contributed by atoms with E-state index in [0.29, 0.717) is 44.2 Å². The molecule has 164 valence electrons. The first-order valence-corrected chi connectivity index (χ1v) is 10.2. The lowest BCUT2D eigenvalue weighted by Crippen LogP contribution is -2.41. The highest BCUT2D eigenvalue weighted by Crippen LogP contribution is 2.35. The molecule has 1 aliphatic heterocycles. The second-order valence-electron chi connectivity index (χ2n) is 7.36. The Morgan fingerprint density at radius 1 is 1.03 bits per heavy atom. The lowest BCUT2D eigenvalue weighted by Gasteiger charge is -2.36. The van der Waals surface area contributed by atoms with Gasteiger partial charge in [0.15, 0.2) is 5.96 Å². The molecule has 0 unspecified atom stereocenters. The van der Waals surface area contributed by atoms with Gasteiger partial charge >= 0.3 is 0 Å². The molecule has 1 heterocycles. The lowest BCUT2D eigenvalue weighted by atomic mass is 9.74.